The van der Waals surface area contributed by atoms with E-state index in [0.29, 0.717) is 5.65 Å². The highest BCUT2D eigenvalue weighted by molar-refractivity contribution is 6.92. The lowest BCUT2D eigenvalue weighted by atomic mass is 9.86. The van der Waals surface area contributed by atoms with E-state index in [2.05, 4.69) is 23.9 Å². The molecule has 2 unspecified atom stereocenters. The first-order valence-corrected chi connectivity index (χ1v) is 8.34. The number of hydrogen-bond acceptors (Lipinski definition) is 2. The van der Waals surface area contributed by atoms with Crippen LogP contribution in [0.3, 0.4) is 0 Å². The largest absolute Gasteiger partial charge is 0.393 e. The molecule has 0 saturated carbocycles. The van der Waals surface area contributed by atoms with Gasteiger partial charge in [0, 0.05) is 29.2 Å². The first kappa shape index (κ1) is 19.7. The van der Waals surface area contributed by atoms with Crippen LogP contribution in [0.15, 0.2) is 36.5 Å². The summed E-state index contributed by atoms with van der Waals surface area (Å²) in [5, 5.41) is 3.93. The lowest BCUT2D eigenvalue weighted by Crippen LogP contribution is -2.17. The molecule has 27 heavy (non-hydrogen) atoms. The number of aromatic nitrogens is 3. The van der Waals surface area contributed by atoms with Crippen molar-refractivity contribution in [2.75, 3.05) is 0 Å². The molecule has 144 valence electrons. The topological polar surface area (TPSA) is 30.2 Å². The average Bonchev–Trinajstić information content (AvgIpc) is 3.03. The Kier molecular flexibility index (Phi) is 4.79. The number of hydrogen-bond donors (Lipinski definition) is 0. The van der Waals surface area contributed by atoms with Crippen molar-refractivity contribution in [3.8, 4) is 0 Å². The van der Waals surface area contributed by atoms with Gasteiger partial charge in [-0.05, 0) is 17.5 Å². The van der Waals surface area contributed by atoms with E-state index < -0.39 is 18.5 Å². The number of fused-ring (bicyclic) bond motifs is 3. The van der Waals surface area contributed by atoms with Crippen molar-refractivity contribution in [1.82, 2.24) is 14.6 Å². The van der Waals surface area contributed by atoms with Crippen molar-refractivity contribution in [3.63, 3.8) is 0 Å². The molecule has 0 aliphatic heterocycles. The van der Waals surface area contributed by atoms with Crippen LogP contribution in [-0.2, 0) is 11.8 Å². The van der Waals surface area contributed by atoms with E-state index in [0.717, 1.165) is 23.2 Å². The van der Waals surface area contributed by atoms with Gasteiger partial charge in [0.15, 0.2) is 5.65 Å². The first-order chi connectivity index (χ1) is 12.1. The molecule has 4 rings (SSSR count). The summed E-state index contributed by atoms with van der Waals surface area (Å²) in [7, 11) is 0. The van der Waals surface area contributed by atoms with Crippen LogP contribution in [0.1, 0.15) is 48.6 Å². The summed E-state index contributed by atoms with van der Waals surface area (Å²) < 4.78 is 52.8. The van der Waals surface area contributed by atoms with Gasteiger partial charge in [0.05, 0.1) is 12.1 Å². The van der Waals surface area contributed by atoms with Gasteiger partial charge in [-0.1, -0.05) is 38.1 Å². The maximum atomic E-state index is 13.6. The summed E-state index contributed by atoms with van der Waals surface area (Å²) >= 11 is 0. The molecule has 2 heterocycles. The van der Waals surface area contributed by atoms with Gasteiger partial charge in [-0.2, -0.15) is 27.5 Å². The SMILES string of the molecule is CC1(C)CC(c2ccc(CC(F)(F)F)cc2)c2cnc3cc(F)nn3c21.P. The van der Waals surface area contributed by atoms with E-state index in [1.54, 1.807) is 22.8 Å². The normalized spacial score (nSPS) is 18.4. The molecule has 0 bridgehead atoms. The fourth-order valence-electron chi connectivity index (χ4n) is 3.96. The Balaban J connectivity index is 0.00000210. The van der Waals surface area contributed by atoms with Gasteiger partial charge in [-0.15, -0.1) is 5.10 Å². The predicted molar refractivity (Wildman–Crippen MR) is 99.7 cm³/mol. The second-order valence-corrected chi connectivity index (χ2v) is 7.47. The molecule has 3 nitrogen and oxygen atoms in total. The second kappa shape index (κ2) is 6.55. The smallest absolute Gasteiger partial charge is 0.237 e. The van der Waals surface area contributed by atoms with Gasteiger partial charge in [0.2, 0.25) is 5.95 Å². The Labute approximate surface area is 157 Å². The second-order valence-electron chi connectivity index (χ2n) is 7.47. The minimum atomic E-state index is -4.22. The minimum absolute atomic E-state index is 0. The Hall–Kier alpha value is -2.01. The molecule has 0 amide bonds. The molecule has 2 atom stereocenters. The fraction of sp³-hybridized carbons (Fsp3) is 0.368. The van der Waals surface area contributed by atoms with Crippen LogP contribution in [0.5, 0.6) is 0 Å². The maximum Gasteiger partial charge on any atom is 0.393 e. The van der Waals surface area contributed by atoms with Crippen LogP contribution in [0.25, 0.3) is 5.65 Å². The number of alkyl halides is 3. The quantitative estimate of drug-likeness (QED) is 0.457. The molecule has 0 spiro atoms. The first-order valence-electron chi connectivity index (χ1n) is 8.34. The molecule has 1 aliphatic rings. The Morgan fingerprint density at radius 2 is 1.85 bits per heavy atom. The summed E-state index contributed by atoms with van der Waals surface area (Å²) in [6.07, 6.45) is -2.67. The molecular formula is C19H20F4N3P. The average molecular weight is 397 g/mol. The highest BCUT2D eigenvalue weighted by atomic mass is 31.0. The lowest BCUT2D eigenvalue weighted by molar-refractivity contribution is -0.127. The summed E-state index contributed by atoms with van der Waals surface area (Å²) in [5.74, 6) is -0.592. The predicted octanol–water partition coefficient (Wildman–Crippen LogP) is 4.84. The van der Waals surface area contributed by atoms with Crippen molar-refractivity contribution < 1.29 is 17.6 Å². The zero-order chi connectivity index (χ0) is 18.7. The van der Waals surface area contributed by atoms with Crippen LogP contribution in [0.4, 0.5) is 17.6 Å². The number of nitrogens with zero attached hydrogens (tertiary/aromatic N) is 3. The standard InChI is InChI=1S/C19H17F4N3.H3P/c1-18(2)9-13(12-5-3-11(4-6-12)8-19(21,22)23)14-10-24-16-7-15(20)25-26(16)17(14)18;/h3-7,10,13H,8-9H2,1-2H3;1H3. The van der Waals surface area contributed by atoms with Crippen LogP contribution in [-0.4, -0.2) is 20.8 Å². The van der Waals surface area contributed by atoms with E-state index in [1.807, 2.05) is 0 Å². The van der Waals surface area contributed by atoms with Crippen LogP contribution in [0.2, 0.25) is 0 Å². The van der Waals surface area contributed by atoms with Crippen molar-refractivity contribution in [1.29, 1.82) is 0 Å². The summed E-state index contributed by atoms with van der Waals surface area (Å²) in [6, 6.07) is 7.81. The molecule has 0 N–H and O–H groups in total. The Morgan fingerprint density at radius 1 is 1.19 bits per heavy atom. The van der Waals surface area contributed by atoms with Gasteiger partial charge in [0.25, 0.3) is 0 Å². The Bertz CT molecular complexity index is 977. The summed E-state index contributed by atoms with van der Waals surface area (Å²) in [5.41, 5.74) is 3.20. The van der Waals surface area contributed by atoms with E-state index in [9.17, 15) is 17.6 Å². The third kappa shape index (κ3) is 3.57. The van der Waals surface area contributed by atoms with Gasteiger partial charge in [-0.3, -0.25) is 0 Å². The third-order valence-corrected chi connectivity index (χ3v) is 5.00. The van der Waals surface area contributed by atoms with Gasteiger partial charge in [0.1, 0.15) is 0 Å². The molecule has 0 fully saturated rings. The zero-order valence-corrected chi connectivity index (χ0v) is 16.4. The lowest BCUT2D eigenvalue weighted by Gasteiger charge is -2.19. The molecule has 2 aromatic heterocycles. The molecule has 0 saturated heterocycles. The summed E-state index contributed by atoms with van der Waals surface area (Å²) in [6.45, 7) is 4.12. The summed E-state index contributed by atoms with van der Waals surface area (Å²) in [4.78, 5) is 4.29. The third-order valence-electron chi connectivity index (χ3n) is 5.00. The number of halogens is 4. The monoisotopic (exact) mass is 397 g/mol. The number of benzene rings is 1. The molecular weight excluding hydrogens is 377 g/mol. The van der Waals surface area contributed by atoms with Crippen LogP contribution in [0, 0.1) is 5.95 Å². The fourth-order valence-corrected chi connectivity index (χ4v) is 3.96. The molecule has 3 aromatic rings. The van der Waals surface area contributed by atoms with E-state index in [4.69, 9.17) is 0 Å². The highest BCUT2D eigenvalue weighted by Crippen LogP contribution is 2.48. The van der Waals surface area contributed by atoms with Crippen molar-refractivity contribution in [2.45, 2.75) is 44.2 Å². The van der Waals surface area contributed by atoms with Gasteiger partial charge in [-0.25, -0.2) is 9.50 Å². The van der Waals surface area contributed by atoms with Crippen molar-refractivity contribution in [3.05, 3.63) is 64.9 Å². The highest BCUT2D eigenvalue weighted by Gasteiger charge is 2.40. The number of rotatable bonds is 2. The minimum Gasteiger partial charge on any atom is -0.237 e. The maximum absolute atomic E-state index is 13.6. The van der Waals surface area contributed by atoms with Crippen LogP contribution >= 0.6 is 9.90 Å². The van der Waals surface area contributed by atoms with Crippen LogP contribution < -0.4 is 0 Å². The van der Waals surface area contributed by atoms with Gasteiger partial charge < -0.3 is 0 Å². The van der Waals surface area contributed by atoms with Gasteiger partial charge >= 0.3 is 6.18 Å². The van der Waals surface area contributed by atoms with E-state index in [1.165, 1.54) is 18.2 Å². The molecule has 1 aromatic carbocycles. The van der Waals surface area contributed by atoms with E-state index >= 15 is 0 Å². The van der Waals surface area contributed by atoms with Crippen molar-refractivity contribution >= 4 is 15.5 Å². The molecule has 0 radical (unpaired) electrons. The molecule has 1 aliphatic carbocycles. The zero-order valence-electron chi connectivity index (χ0n) is 15.0. The molecule has 8 heteroatoms. The van der Waals surface area contributed by atoms with Crippen molar-refractivity contribution in [2.24, 2.45) is 0 Å². The Morgan fingerprint density at radius 3 is 2.48 bits per heavy atom. The van der Waals surface area contributed by atoms with E-state index in [-0.39, 0.29) is 26.8 Å².